The monoisotopic (exact) mass is 490 g/mol. The molecule has 0 amide bonds. The van der Waals surface area contributed by atoms with Gasteiger partial charge in [0.05, 0.1) is 11.0 Å². The fourth-order valence-corrected chi connectivity index (χ4v) is 6.26. The fraction of sp³-hybridized carbons (Fsp3) is 0.542. The van der Waals surface area contributed by atoms with Crippen LogP contribution in [0.15, 0.2) is 24.0 Å². The van der Waals surface area contributed by atoms with E-state index in [0.29, 0.717) is 18.4 Å². The van der Waals surface area contributed by atoms with Crippen LogP contribution < -0.4 is 4.74 Å². The number of hydrogen-bond acceptors (Lipinski definition) is 10. The minimum Gasteiger partial charge on any atom is -0.504 e. The molecular formula is C24H26O11. The molecule has 1 fully saturated rings. The zero-order valence-corrected chi connectivity index (χ0v) is 18.8. The highest BCUT2D eigenvalue weighted by Crippen LogP contribution is 2.67. The molecule has 1 saturated carbocycles. The number of aliphatic hydroxyl groups excluding tert-OH is 2. The Labute approximate surface area is 199 Å². The lowest BCUT2D eigenvalue weighted by Crippen LogP contribution is -2.67. The molecule has 0 saturated heterocycles. The highest BCUT2D eigenvalue weighted by Gasteiger charge is 2.71. The number of carboxylic acids is 1. The van der Waals surface area contributed by atoms with Gasteiger partial charge in [-0.2, -0.15) is 0 Å². The van der Waals surface area contributed by atoms with E-state index in [9.17, 15) is 34.8 Å². The molecule has 0 unspecified atom stereocenters. The van der Waals surface area contributed by atoms with Crippen LogP contribution in [0.3, 0.4) is 0 Å². The number of hydrogen-bond donors (Lipinski definition) is 5. The number of aliphatic hydroxyl groups is 3. The lowest BCUT2D eigenvalue weighted by atomic mass is 9.47. The van der Waals surface area contributed by atoms with Crippen LogP contribution in [-0.4, -0.2) is 73.5 Å². The van der Waals surface area contributed by atoms with Gasteiger partial charge < -0.3 is 39.7 Å². The molecule has 1 spiro atoms. The molecule has 0 radical (unpaired) electrons. The lowest BCUT2D eigenvalue weighted by Gasteiger charge is -2.59. The third-order valence-corrected chi connectivity index (χ3v) is 7.90. The van der Waals surface area contributed by atoms with E-state index in [-0.39, 0.29) is 29.6 Å². The van der Waals surface area contributed by atoms with E-state index in [1.54, 1.807) is 0 Å². The molecule has 5 rings (SSSR count). The molecule has 1 heterocycles. The third kappa shape index (κ3) is 3.18. The lowest BCUT2D eigenvalue weighted by molar-refractivity contribution is -0.181. The number of esters is 2. The van der Waals surface area contributed by atoms with Gasteiger partial charge in [-0.25, -0.2) is 14.4 Å². The summed E-state index contributed by atoms with van der Waals surface area (Å²) in [4.78, 5) is 35.4. The van der Waals surface area contributed by atoms with Crippen molar-refractivity contribution in [1.82, 2.24) is 0 Å². The van der Waals surface area contributed by atoms with E-state index in [2.05, 4.69) is 4.74 Å². The first-order valence-corrected chi connectivity index (χ1v) is 11.5. The van der Waals surface area contributed by atoms with E-state index in [0.717, 1.165) is 25.3 Å². The Bertz CT molecular complexity index is 1140. The van der Waals surface area contributed by atoms with Crippen molar-refractivity contribution >= 4 is 17.9 Å². The number of carbonyl (C=O) groups excluding carboxylic acids is 2. The number of ether oxygens (including phenoxy) is 3. The van der Waals surface area contributed by atoms with Gasteiger partial charge in [-0.05, 0) is 56.2 Å². The van der Waals surface area contributed by atoms with Crippen LogP contribution in [0.2, 0.25) is 0 Å². The molecule has 1 aliphatic heterocycles. The van der Waals surface area contributed by atoms with Gasteiger partial charge in [0.15, 0.2) is 35.9 Å². The van der Waals surface area contributed by atoms with Gasteiger partial charge in [-0.15, -0.1) is 0 Å². The smallest absolute Gasteiger partial charge is 0.344 e. The van der Waals surface area contributed by atoms with E-state index >= 15 is 0 Å². The number of rotatable bonds is 6. The Morgan fingerprint density at radius 1 is 1.17 bits per heavy atom. The first-order chi connectivity index (χ1) is 16.5. The van der Waals surface area contributed by atoms with Crippen molar-refractivity contribution in [3.8, 4) is 11.5 Å². The van der Waals surface area contributed by atoms with E-state index in [4.69, 9.17) is 14.6 Å². The Morgan fingerprint density at radius 3 is 2.60 bits per heavy atom. The summed E-state index contributed by atoms with van der Waals surface area (Å²) in [6, 6.07) is 3.34. The van der Waals surface area contributed by atoms with Gasteiger partial charge in [-0.3, -0.25) is 0 Å². The van der Waals surface area contributed by atoms with E-state index < -0.39 is 53.3 Å². The minimum atomic E-state index is -2.38. The molecule has 11 nitrogen and oxygen atoms in total. The highest BCUT2D eigenvalue weighted by atomic mass is 16.6. The summed E-state index contributed by atoms with van der Waals surface area (Å²) >= 11 is 0. The van der Waals surface area contributed by atoms with E-state index in [1.165, 1.54) is 12.1 Å². The maximum atomic E-state index is 12.7. The van der Waals surface area contributed by atoms with E-state index in [1.807, 2.05) is 6.07 Å². The summed E-state index contributed by atoms with van der Waals surface area (Å²) < 4.78 is 16.0. The molecule has 5 N–H and O–H groups in total. The van der Waals surface area contributed by atoms with Gasteiger partial charge >= 0.3 is 17.9 Å². The zero-order chi connectivity index (χ0) is 25.3. The predicted molar refractivity (Wildman–Crippen MR) is 114 cm³/mol. The highest BCUT2D eigenvalue weighted by molar-refractivity contribution is 5.87. The largest absolute Gasteiger partial charge is 0.504 e. The van der Waals surface area contributed by atoms with Crippen molar-refractivity contribution in [1.29, 1.82) is 0 Å². The van der Waals surface area contributed by atoms with Crippen LogP contribution in [0.4, 0.5) is 0 Å². The zero-order valence-electron chi connectivity index (χ0n) is 18.8. The molecular weight excluding hydrogens is 464 g/mol. The van der Waals surface area contributed by atoms with Crippen LogP contribution in [0.1, 0.15) is 43.7 Å². The van der Waals surface area contributed by atoms with Gasteiger partial charge in [-0.1, -0.05) is 12.5 Å². The van der Waals surface area contributed by atoms with Crippen molar-refractivity contribution in [3.05, 3.63) is 35.1 Å². The molecule has 188 valence electrons. The molecule has 4 aliphatic rings. The van der Waals surface area contributed by atoms with Crippen LogP contribution in [0.25, 0.3) is 0 Å². The average Bonchev–Trinajstić information content (AvgIpc) is 3.16. The summed E-state index contributed by atoms with van der Waals surface area (Å²) in [5.41, 5.74) is -0.504. The second-order valence-electron chi connectivity index (χ2n) is 9.67. The normalized spacial score (nSPS) is 32.3. The van der Waals surface area contributed by atoms with Gasteiger partial charge in [0, 0.05) is 5.56 Å². The third-order valence-electron chi connectivity index (χ3n) is 7.90. The number of phenols is 1. The maximum absolute atomic E-state index is 12.7. The second kappa shape index (κ2) is 7.94. The number of carboxylic acid groups (broad SMARTS) is 1. The number of aliphatic carboxylic acids is 1. The van der Waals surface area contributed by atoms with Crippen molar-refractivity contribution < 1.29 is 54.1 Å². The molecule has 3 aliphatic carbocycles. The first kappa shape index (κ1) is 23.6. The molecule has 35 heavy (non-hydrogen) atoms. The Hall–Kier alpha value is -3.15. The molecule has 1 aromatic carbocycles. The topological polar surface area (TPSA) is 180 Å². The van der Waals surface area contributed by atoms with Crippen LogP contribution in [0, 0.1) is 5.92 Å². The maximum Gasteiger partial charge on any atom is 0.344 e. The number of benzene rings is 1. The van der Waals surface area contributed by atoms with Crippen molar-refractivity contribution in [2.24, 2.45) is 5.92 Å². The van der Waals surface area contributed by atoms with Gasteiger partial charge in [0.1, 0.15) is 5.76 Å². The van der Waals surface area contributed by atoms with Crippen molar-refractivity contribution in [2.75, 3.05) is 0 Å². The minimum absolute atomic E-state index is 0.0118. The SMILES string of the molecule is C[C@H](OC(=O)[C@H](O)[C@@H](O)C(=O)OC1=CC[C@@]2(O)[C@@H]3CCC[C@@]24c2c(ccc(O)c2O[C@@H]14)C3)C(=O)O. The standard InChI is InChI=1S/C24H26O11/c1-10(20(28)29)33-21(30)16(26)17(27)22(31)34-14-6-8-24(32)12-3-2-7-23(24)15-11(9-12)4-5-13(25)18(15)35-19(14)23/h4-6,10,12,16-17,19,25-27,32H,2-3,7-9H2,1H3,(H,28,29)/t10-,12+,16+,17+,19-,23-,24+/m0/s1. The fourth-order valence-electron chi connectivity index (χ4n) is 6.26. The van der Waals surface area contributed by atoms with Crippen LogP contribution in [0.5, 0.6) is 11.5 Å². The summed E-state index contributed by atoms with van der Waals surface area (Å²) in [6.07, 6.45) is -2.93. The summed E-state index contributed by atoms with van der Waals surface area (Å²) in [5, 5.41) is 51.4. The molecule has 2 bridgehead atoms. The molecule has 7 atom stereocenters. The summed E-state index contributed by atoms with van der Waals surface area (Å²) in [6.45, 7) is 1.05. The van der Waals surface area contributed by atoms with Crippen LogP contribution in [-0.2, 0) is 35.7 Å². The van der Waals surface area contributed by atoms with Crippen LogP contribution >= 0.6 is 0 Å². The van der Waals surface area contributed by atoms with Gasteiger partial charge in [0.25, 0.3) is 0 Å². The van der Waals surface area contributed by atoms with Gasteiger partial charge in [0.2, 0.25) is 0 Å². The Morgan fingerprint density at radius 2 is 1.89 bits per heavy atom. The number of aromatic hydroxyl groups is 1. The molecule has 1 aromatic rings. The van der Waals surface area contributed by atoms with Crippen molar-refractivity contribution in [2.45, 2.75) is 74.5 Å². The number of phenolic OH excluding ortho intramolecular Hbond substituents is 1. The Balaban J connectivity index is 1.42. The number of carbonyl (C=O) groups is 3. The average molecular weight is 490 g/mol. The Kier molecular flexibility index (Phi) is 5.35. The quantitative estimate of drug-likeness (QED) is 0.340. The van der Waals surface area contributed by atoms with Crippen molar-refractivity contribution in [3.63, 3.8) is 0 Å². The predicted octanol–water partition coefficient (Wildman–Crippen LogP) is 0.0472. The summed E-state index contributed by atoms with van der Waals surface area (Å²) in [5.74, 6) is -4.30. The molecule has 11 heteroatoms. The summed E-state index contributed by atoms with van der Waals surface area (Å²) in [7, 11) is 0. The second-order valence-corrected chi connectivity index (χ2v) is 9.67. The first-order valence-electron chi connectivity index (χ1n) is 11.5. The molecule has 0 aromatic heterocycles.